The zero-order valence-corrected chi connectivity index (χ0v) is 7.63. The van der Waals surface area contributed by atoms with Crippen LogP contribution in [0.15, 0.2) is 23.3 Å². The molecule has 1 rings (SSSR count). The van der Waals surface area contributed by atoms with Gasteiger partial charge in [-0.05, 0) is 0 Å². The van der Waals surface area contributed by atoms with E-state index in [2.05, 4.69) is 10.3 Å². The van der Waals surface area contributed by atoms with Crippen LogP contribution >= 0.6 is 0 Å². The Kier molecular flexibility index (Phi) is 2.84. The molecule has 13 heavy (non-hydrogen) atoms. The van der Waals surface area contributed by atoms with Gasteiger partial charge in [0.1, 0.15) is 5.69 Å². The van der Waals surface area contributed by atoms with Gasteiger partial charge in [-0.25, -0.2) is 0 Å². The van der Waals surface area contributed by atoms with Crippen LogP contribution in [0, 0.1) is 5.92 Å². The minimum absolute atomic E-state index is 0.125. The molecule has 0 saturated carbocycles. The summed E-state index contributed by atoms with van der Waals surface area (Å²) in [5.74, 6) is -0.281. The summed E-state index contributed by atoms with van der Waals surface area (Å²) in [5, 5.41) is 2.53. The van der Waals surface area contributed by atoms with Crippen molar-refractivity contribution >= 4 is 11.6 Å². The topological polar surface area (TPSA) is 62.0 Å². The molecule has 0 atom stereocenters. The van der Waals surface area contributed by atoms with E-state index in [1.165, 1.54) is 18.5 Å². The lowest BCUT2D eigenvalue weighted by Gasteiger charge is -2.05. The molecule has 4 nitrogen and oxygen atoms in total. The number of hydrogen-bond acceptors (Lipinski definition) is 2. The van der Waals surface area contributed by atoms with Gasteiger partial charge in [0.15, 0.2) is 0 Å². The molecule has 0 radical (unpaired) electrons. The van der Waals surface area contributed by atoms with Crippen LogP contribution in [0.25, 0.3) is 0 Å². The van der Waals surface area contributed by atoms with Gasteiger partial charge in [-0.2, -0.15) is 0 Å². The first kappa shape index (κ1) is 9.51. The molecule has 4 heteroatoms. The second-order valence-electron chi connectivity index (χ2n) is 3.07. The van der Waals surface area contributed by atoms with Gasteiger partial charge in [-0.1, -0.05) is 13.8 Å². The molecular weight excluding hydrogens is 168 g/mol. The maximum absolute atomic E-state index is 11.2. The molecule has 1 heterocycles. The fraction of sp³-hybridized carbons (Fsp3) is 0.333. The minimum Gasteiger partial charge on any atom is -0.366 e. The Labute approximate surface area is 76.0 Å². The minimum atomic E-state index is -0.187. The second kappa shape index (κ2) is 3.89. The number of amides is 1. The number of hydrogen-bond donors (Lipinski definition) is 2. The third-order valence-electron chi connectivity index (χ3n) is 1.61. The average Bonchev–Trinajstić information content (AvgIpc) is 2.08. The van der Waals surface area contributed by atoms with E-state index in [1.54, 1.807) is 13.8 Å². The highest BCUT2D eigenvalue weighted by Crippen LogP contribution is 1.99. The number of nitrogens with one attached hydrogen (secondary N) is 2. The molecule has 2 N–H and O–H groups in total. The van der Waals surface area contributed by atoms with E-state index >= 15 is 0 Å². The van der Waals surface area contributed by atoms with E-state index in [9.17, 15) is 9.59 Å². The fourth-order valence-electron chi connectivity index (χ4n) is 0.791. The number of carbonyl (C=O) groups excluding carboxylic acids is 1. The average molecular weight is 180 g/mol. The third kappa shape index (κ3) is 2.43. The van der Waals surface area contributed by atoms with Crippen LogP contribution in [0.3, 0.4) is 0 Å². The molecule has 1 aromatic rings. The largest absolute Gasteiger partial charge is 0.366 e. The number of H-pyrrole nitrogens is 1. The van der Waals surface area contributed by atoms with Crippen molar-refractivity contribution in [3.63, 3.8) is 0 Å². The first-order chi connectivity index (χ1) is 6.11. The predicted molar refractivity (Wildman–Crippen MR) is 50.5 cm³/mol. The number of rotatable bonds is 2. The predicted octanol–water partition coefficient (Wildman–Crippen LogP) is 0.969. The van der Waals surface area contributed by atoms with Crippen molar-refractivity contribution in [3.8, 4) is 0 Å². The summed E-state index contributed by atoms with van der Waals surface area (Å²) in [6.45, 7) is 3.54. The Morgan fingerprint density at radius 3 is 2.77 bits per heavy atom. The van der Waals surface area contributed by atoms with Crippen molar-refractivity contribution in [2.75, 3.05) is 5.32 Å². The normalized spacial score (nSPS) is 10.1. The van der Waals surface area contributed by atoms with Crippen LogP contribution in [0.4, 0.5) is 5.69 Å². The van der Waals surface area contributed by atoms with Gasteiger partial charge in [0.2, 0.25) is 11.3 Å². The molecular formula is C9H12N2O2. The highest BCUT2D eigenvalue weighted by Gasteiger charge is 2.08. The molecule has 1 amide bonds. The lowest BCUT2D eigenvalue weighted by molar-refractivity contribution is -0.118. The van der Waals surface area contributed by atoms with Crippen LogP contribution in [-0.2, 0) is 4.79 Å². The molecule has 1 aromatic heterocycles. The number of pyridine rings is 1. The summed E-state index contributed by atoms with van der Waals surface area (Å²) in [6, 6.07) is 1.37. The number of carbonyl (C=O) groups is 1. The van der Waals surface area contributed by atoms with Gasteiger partial charge in [0.25, 0.3) is 0 Å². The van der Waals surface area contributed by atoms with E-state index < -0.39 is 0 Å². The van der Waals surface area contributed by atoms with Gasteiger partial charge in [-0.3, -0.25) is 9.59 Å². The van der Waals surface area contributed by atoms with Gasteiger partial charge in [0.05, 0.1) is 0 Å². The van der Waals surface area contributed by atoms with Crippen molar-refractivity contribution in [2.24, 2.45) is 5.92 Å². The zero-order valence-electron chi connectivity index (χ0n) is 7.63. The molecule has 0 spiro atoms. The number of aromatic amines is 1. The van der Waals surface area contributed by atoms with Gasteiger partial charge < -0.3 is 10.3 Å². The van der Waals surface area contributed by atoms with Crippen LogP contribution in [0.1, 0.15) is 13.8 Å². The highest BCUT2D eigenvalue weighted by molar-refractivity contribution is 5.91. The molecule has 0 saturated heterocycles. The first-order valence-electron chi connectivity index (χ1n) is 4.09. The summed E-state index contributed by atoms with van der Waals surface area (Å²) >= 11 is 0. The van der Waals surface area contributed by atoms with E-state index in [0.717, 1.165) is 0 Å². The maximum atomic E-state index is 11.2. The Morgan fingerprint density at radius 1 is 1.54 bits per heavy atom. The second-order valence-corrected chi connectivity index (χ2v) is 3.07. The molecule has 0 unspecified atom stereocenters. The number of anilines is 1. The summed E-state index contributed by atoms with van der Waals surface area (Å²) < 4.78 is 0. The van der Waals surface area contributed by atoms with E-state index in [4.69, 9.17) is 0 Å². The first-order valence-corrected chi connectivity index (χ1v) is 4.09. The Bertz CT molecular complexity index is 355. The fourth-order valence-corrected chi connectivity index (χ4v) is 0.791. The quantitative estimate of drug-likeness (QED) is 0.712. The van der Waals surface area contributed by atoms with Crippen molar-refractivity contribution in [1.29, 1.82) is 0 Å². The van der Waals surface area contributed by atoms with Crippen LogP contribution in [0.2, 0.25) is 0 Å². The summed E-state index contributed by atoms with van der Waals surface area (Å²) in [5.41, 5.74) is 0.106. The Balaban J connectivity index is 2.81. The standard InChI is InChI=1S/C9H12N2O2/c1-6(2)9(13)11-7-5-10-4-3-8(7)12/h3-6H,1-2H3,(H,10,12)(H,11,13). The molecule has 0 fully saturated rings. The molecule has 0 aliphatic carbocycles. The summed E-state index contributed by atoms with van der Waals surface area (Å²) in [6.07, 6.45) is 3.00. The zero-order chi connectivity index (χ0) is 9.84. The van der Waals surface area contributed by atoms with Gasteiger partial charge in [0, 0.05) is 24.4 Å². The van der Waals surface area contributed by atoms with Gasteiger partial charge >= 0.3 is 0 Å². The van der Waals surface area contributed by atoms with E-state index in [-0.39, 0.29) is 17.3 Å². The lowest BCUT2D eigenvalue weighted by atomic mass is 10.2. The molecule has 0 bridgehead atoms. The van der Waals surface area contributed by atoms with E-state index in [0.29, 0.717) is 5.69 Å². The van der Waals surface area contributed by atoms with Crippen molar-refractivity contribution in [3.05, 3.63) is 28.7 Å². The van der Waals surface area contributed by atoms with E-state index in [1.807, 2.05) is 0 Å². The Morgan fingerprint density at radius 2 is 2.23 bits per heavy atom. The van der Waals surface area contributed by atoms with Crippen LogP contribution < -0.4 is 10.7 Å². The van der Waals surface area contributed by atoms with Gasteiger partial charge in [-0.15, -0.1) is 0 Å². The molecule has 0 aliphatic rings. The maximum Gasteiger partial charge on any atom is 0.227 e. The van der Waals surface area contributed by atoms with Crippen molar-refractivity contribution < 1.29 is 4.79 Å². The summed E-state index contributed by atoms with van der Waals surface area (Å²) in [4.78, 5) is 25.1. The van der Waals surface area contributed by atoms with Crippen LogP contribution in [-0.4, -0.2) is 10.9 Å². The lowest BCUT2D eigenvalue weighted by Crippen LogP contribution is -2.21. The third-order valence-corrected chi connectivity index (χ3v) is 1.61. The molecule has 70 valence electrons. The van der Waals surface area contributed by atoms with Crippen molar-refractivity contribution in [1.82, 2.24) is 4.98 Å². The van der Waals surface area contributed by atoms with Crippen molar-refractivity contribution in [2.45, 2.75) is 13.8 Å². The molecule has 0 aromatic carbocycles. The smallest absolute Gasteiger partial charge is 0.227 e. The Hall–Kier alpha value is -1.58. The number of aromatic nitrogens is 1. The SMILES string of the molecule is CC(C)C(=O)Nc1c[nH]ccc1=O. The molecule has 0 aliphatic heterocycles. The highest BCUT2D eigenvalue weighted by atomic mass is 16.2. The monoisotopic (exact) mass is 180 g/mol. The summed E-state index contributed by atoms with van der Waals surface area (Å²) in [7, 11) is 0. The van der Waals surface area contributed by atoms with Crippen LogP contribution in [0.5, 0.6) is 0 Å².